The molecular weight excluding hydrogens is 364 g/mol. The number of rotatable bonds is 5. The second-order valence-electron chi connectivity index (χ2n) is 7.11. The molecule has 2 fully saturated rings. The molecule has 4 rings (SSSR count). The van der Waals surface area contributed by atoms with Gasteiger partial charge in [0.15, 0.2) is 5.16 Å². The summed E-state index contributed by atoms with van der Waals surface area (Å²) in [7, 11) is 0. The summed E-state index contributed by atoms with van der Waals surface area (Å²) in [5.74, 6) is -0.443. The molecule has 2 N–H and O–H groups in total. The topological polar surface area (TPSA) is 98.3 Å². The molecular formula is C19H22N4O3S. The molecule has 1 aliphatic heterocycles. The minimum absolute atomic E-state index is 0.0500. The van der Waals surface area contributed by atoms with E-state index >= 15 is 0 Å². The number of likely N-dealkylation sites (tertiary alicyclic amines) is 1. The van der Waals surface area contributed by atoms with Crippen molar-refractivity contribution in [2.75, 3.05) is 12.3 Å². The Morgan fingerprint density at radius 3 is 2.70 bits per heavy atom. The van der Waals surface area contributed by atoms with Crippen molar-refractivity contribution in [2.45, 2.75) is 49.3 Å². The van der Waals surface area contributed by atoms with Crippen LogP contribution in [0.5, 0.6) is 0 Å². The number of thioether (sulfide) groups is 1. The Kier molecular flexibility index (Phi) is 4.90. The number of hydrogen-bond acceptors (Lipinski definition) is 5. The first-order valence-corrected chi connectivity index (χ1v) is 10.3. The highest BCUT2D eigenvalue weighted by Crippen LogP contribution is 2.37. The first-order valence-electron chi connectivity index (χ1n) is 9.29. The van der Waals surface area contributed by atoms with Gasteiger partial charge in [-0.2, -0.15) is 0 Å². The SMILES string of the molecule is NC(=O)[C@H]1CCCCN1C(=O)CSc1nc2ccccc2c(=O)n1C1CC1. The van der Waals surface area contributed by atoms with Crippen LogP contribution in [0.15, 0.2) is 34.2 Å². The second kappa shape index (κ2) is 7.34. The minimum atomic E-state index is -0.526. The quantitative estimate of drug-likeness (QED) is 0.623. The van der Waals surface area contributed by atoms with Crippen LogP contribution in [0.3, 0.4) is 0 Å². The lowest BCUT2D eigenvalue weighted by atomic mass is 10.0. The number of hydrogen-bond donors (Lipinski definition) is 1. The smallest absolute Gasteiger partial charge is 0.262 e. The zero-order chi connectivity index (χ0) is 19.0. The Labute approximate surface area is 160 Å². The summed E-state index contributed by atoms with van der Waals surface area (Å²) >= 11 is 1.27. The fourth-order valence-electron chi connectivity index (χ4n) is 3.62. The number of para-hydroxylation sites is 1. The highest BCUT2D eigenvalue weighted by Gasteiger charge is 2.32. The molecule has 1 aliphatic carbocycles. The van der Waals surface area contributed by atoms with Crippen LogP contribution < -0.4 is 11.3 Å². The minimum Gasteiger partial charge on any atom is -0.368 e. The fraction of sp³-hybridized carbons (Fsp3) is 0.474. The van der Waals surface area contributed by atoms with Crippen molar-refractivity contribution in [3.63, 3.8) is 0 Å². The van der Waals surface area contributed by atoms with Crippen LogP contribution in [0.2, 0.25) is 0 Å². The maximum atomic E-state index is 12.9. The average Bonchev–Trinajstić information content (AvgIpc) is 3.51. The maximum Gasteiger partial charge on any atom is 0.262 e. The molecule has 27 heavy (non-hydrogen) atoms. The largest absolute Gasteiger partial charge is 0.368 e. The van der Waals surface area contributed by atoms with E-state index in [1.54, 1.807) is 15.5 Å². The van der Waals surface area contributed by atoms with Gasteiger partial charge in [0, 0.05) is 12.6 Å². The number of carbonyl (C=O) groups is 2. The fourth-order valence-corrected chi connectivity index (χ4v) is 4.57. The van der Waals surface area contributed by atoms with Gasteiger partial charge < -0.3 is 10.6 Å². The number of amides is 2. The van der Waals surface area contributed by atoms with E-state index in [0.717, 1.165) is 25.7 Å². The van der Waals surface area contributed by atoms with Crippen LogP contribution in [-0.2, 0) is 9.59 Å². The van der Waals surface area contributed by atoms with Gasteiger partial charge in [-0.25, -0.2) is 4.98 Å². The van der Waals surface area contributed by atoms with Crippen molar-refractivity contribution >= 4 is 34.5 Å². The normalized spacial score (nSPS) is 20.0. The monoisotopic (exact) mass is 386 g/mol. The second-order valence-corrected chi connectivity index (χ2v) is 8.05. The van der Waals surface area contributed by atoms with Gasteiger partial charge in [-0.05, 0) is 44.2 Å². The van der Waals surface area contributed by atoms with Crippen molar-refractivity contribution in [1.29, 1.82) is 0 Å². The van der Waals surface area contributed by atoms with Gasteiger partial charge in [-0.15, -0.1) is 0 Å². The summed E-state index contributed by atoms with van der Waals surface area (Å²) in [6.45, 7) is 0.549. The van der Waals surface area contributed by atoms with Gasteiger partial charge in [0.2, 0.25) is 11.8 Å². The van der Waals surface area contributed by atoms with E-state index in [0.29, 0.717) is 29.0 Å². The van der Waals surface area contributed by atoms with E-state index in [2.05, 4.69) is 4.98 Å². The van der Waals surface area contributed by atoms with E-state index in [4.69, 9.17) is 5.73 Å². The number of nitrogens with zero attached hydrogens (tertiary/aromatic N) is 3. The van der Waals surface area contributed by atoms with Crippen LogP contribution in [-0.4, -0.2) is 44.6 Å². The Morgan fingerprint density at radius 2 is 1.96 bits per heavy atom. The number of aromatic nitrogens is 2. The van der Waals surface area contributed by atoms with Crippen molar-refractivity contribution in [2.24, 2.45) is 5.73 Å². The standard InChI is InChI=1S/C19H22N4O3S/c20-17(25)15-7-3-4-10-22(15)16(24)11-27-19-21-14-6-2-1-5-13(14)18(26)23(19)12-8-9-12/h1-2,5-6,12,15H,3-4,7-11H2,(H2,20,25)/t15-/m1/s1. The van der Waals surface area contributed by atoms with Crippen LogP contribution in [0, 0.1) is 0 Å². The Morgan fingerprint density at radius 1 is 1.19 bits per heavy atom. The molecule has 0 radical (unpaired) electrons. The van der Waals surface area contributed by atoms with Crippen molar-refractivity contribution in [1.82, 2.24) is 14.5 Å². The third-order valence-corrected chi connectivity index (χ3v) is 6.10. The molecule has 2 aromatic rings. The molecule has 1 aromatic carbocycles. The molecule has 0 unspecified atom stereocenters. The van der Waals surface area contributed by atoms with Crippen LogP contribution in [0.4, 0.5) is 0 Å². The van der Waals surface area contributed by atoms with Crippen molar-refractivity contribution in [3.8, 4) is 0 Å². The number of carbonyl (C=O) groups excluding carboxylic acids is 2. The van der Waals surface area contributed by atoms with Crippen molar-refractivity contribution in [3.05, 3.63) is 34.6 Å². The summed E-state index contributed by atoms with van der Waals surface area (Å²) in [5, 5.41) is 1.17. The summed E-state index contributed by atoms with van der Waals surface area (Å²) in [6, 6.07) is 6.92. The summed E-state index contributed by atoms with van der Waals surface area (Å²) in [6.07, 6.45) is 4.31. The molecule has 142 valence electrons. The van der Waals surface area contributed by atoms with E-state index in [1.807, 2.05) is 18.2 Å². The molecule has 2 amide bonds. The molecule has 2 aliphatic rings. The van der Waals surface area contributed by atoms with E-state index in [-0.39, 0.29) is 23.3 Å². The number of piperidine rings is 1. The zero-order valence-corrected chi connectivity index (χ0v) is 15.8. The van der Waals surface area contributed by atoms with Crippen molar-refractivity contribution < 1.29 is 9.59 Å². The number of primary amides is 1. The van der Waals surface area contributed by atoms with Gasteiger partial charge >= 0.3 is 0 Å². The lowest BCUT2D eigenvalue weighted by Crippen LogP contribution is -2.51. The van der Waals surface area contributed by atoms with Gasteiger partial charge in [0.25, 0.3) is 5.56 Å². The lowest BCUT2D eigenvalue weighted by molar-refractivity contribution is -0.138. The first-order chi connectivity index (χ1) is 13.1. The highest BCUT2D eigenvalue weighted by atomic mass is 32.2. The molecule has 7 nitrogen and oxygen atoms in total. The number of nitrogens with two attached hydrogens (primary N) is 1. The zero-order valence-electron chi connectivity index (χ0n) is 15.0. The molecule has 1 atom stereocenters. The molecule has 0 spiro atoms. The first kappa shape index (κ1) is 18.0. The summed E-state index contributed by atoms with van der Waals surface area (Å²) in [5.41, 5.74) is 6.05. The lowest BCUT2D eigenvalue weighted by Gasteiger charge is -2.33. The number of benzene rings is 1. The molecule has 1 aromatic heterocycles. The molecule has 0 bridgehead atoms. The van der Waals surface area contributed by atoms with E-state index in [1.165, 1.54) is 11.8 Å². The third-order valence-electron chi connectivity index (χ3n) is 5.16. The van der Waals surface area contributed by atoms with Gasteiger partial charge in [0.05, 0.1) is 16.7 Å². The summed E-state index contributed by atoms with van der Waals surface area (Å²) in [4.78, 5) is 43.5. The van der Waals surface area contributed by atoms with Gasteiger partial charge in [-0.1, -0.05) is 23.9 Å². The molecule has 1 saturated heterocycles. The maximum absolute atomic E-state index is 12.9. The van der Waals surface area contributed by atoms with Crippen LogP contribution in [0.25, 0.3) is 10.9 Å². The van der Waals surface area contributed by atoms with E-state index in [9.17, 15) is 14.4 Å². The molecule has 2 heterocycles. The Bertz CT molecular complexity index is 954. The summed E-state index contributed by atoms with van der Waals surface area (Å²) < 4.78 is 1.72. The van der Waals surface area contributed by atoms with Gasteiger partial charge in [0.1, 0.15) is 6.04 Å². The van der Waals surface area contributed by atoms with Gasteiger partial charge in [-0.3, -0.25) is 19.0 Å². The van der Waals surface area contributed by atoms with Crippen LogP contribution in [0.1, 0.15) is 38.1 Å². The van der Waals surface area contributed by atoms with E-state index < -0.39 is 11.9 Å². The Balaban J connectivity index is 1.58. The predicted octanol–water partition coefficient (Wildman–Crippen LogP) is 1.69. The molecule has 8 heteroatoms. The predicted molar refractivity (Wildman–Crippen MR) is 104 cm³/mol. The average molecular weight is 386 g/mol. The van der Waals surface area contributed by atoms with Crippen LogP contribution >= 0.6 is 11.8 Å². The Hall–Kier alpha value is -2.35. The highest BCUT2D eigenvalue weighted by molar-refractivity contribution is 7.99. The third kappa shape index (κ3) is 3.58. The molecule has 1 saturated carbocycles. The number of fused-ring (bicyclic) bond motifs is 1.